The second-order valence-corrected chi connectivity index (χ2v) is 11.0. The van der Waals surface area contributed by atoms with Gasteiger partial charge in [-0.1, -0.05) is 31.7 Å². The van der Waals surface area contributed by atoms with Gasteiger partial charge in [0.05, 0.1) is 19.3 Å². The van der Waals surface area contributed by atoms with Gasteiger partial charge >= 0.3 is 5.97 Å². The van der Waals surface area contributed by atoms with Crippen molar-refractivity contribution in [1.82, 2.24) is 9.97 Å². The van der Waals surface area contributed by atoms with Crippen molar-refractivity contribution in [3.8, 4) is 0 Å². The molecule has 184 valence electrons. The third-order valence-corrected chi connectivity index (χ3v) is 9.31. The van der Waals surface area contributed by atoms with Gasteiger partial charge in [-0.3, -0.25) is 19.6 Å². The van der Waals surface area contributed by atoms with Crippen molar-refractivity contribution >= 4 is 23.2 Å². The van der Waals surface area contributed by atoms with Gasteiger partial charge in [0.25, 0.3) is 5.91 Å². The highest BCUT2D eigenvalue weighted by Crippen LogP contribution is 2.45. The zero-order valence-electron chi connectivity index (χ0n) is 19.4. The molecule has 9 heteroatoms. The van der Waals surface area contributed by atoms with Crippen LogP contribution in [0.1, 0.15) is 68.0 Å². The van der Waals surface area contributed by atoms with E-state index in [0.717, 1.165) is 56.5 Å². The van der Waals surface area contributed by atoms with Gasteiger partial charge in [0, 0.05) is 36.0 Å². The van der Waals surface area contributed by atoms with Crippen molar-refractivity contribution in [1.29, 1.82) is 0 Å². The normalized spacial score (nSPS) is 28.8. The molecule has 1 saturated carbocycles. The smallest absolute Gasteiger partial charge is 0.317 e. The van der Waals surface area contributed by atoms with Crippen LogP contribution in [0, 0.1) is 5.92 Å². The summed E-state index contributed by atoms with van der Waals surface area (Å²) in [6, 6.07) is 3.57. The van der Waals surface area contributed by atoms with Crippen LogP contribution in [0.5, 0.6) is 0 Å². The first-order valence-electron chi connectivity index (χ1n) is 12.2. The van der Waals surface area contributed by atoms with E-state index in [1.807, 2.05) is 6.07 Å². The lowest BCUT2D eigenvalue weighted by atomic mass is 9.78. The largest absolute Gasteiger partial charge is 1.00 e. The van der Waals surface area contributed by atoms with E-state index in [2.05, 4.69) is 21.4 Å². The molecule has 34 heavy (non-hydrogen) atoms. The van der Waals surface area contributed by atoms with E-state index >= 15 is 0 Å². The fourth-order valence-corrected chi connectivity index (χ4v) is 7.47. The van der Waals surface area contributed by atoms with Crippen LogP contribution in [0.3, 0.4) is 0 Å². The number of nitrogens with zero attached hydrogens (tertiary/aromatic N) is 3. The number of rotatable bonds is 6. The molecule has 7 nitrogen and oxygen atoms in total. The third-order valence-electron chi connectivity index (χ3n) is 8.24. The maximum atomic E-state index is 13.9. The summed E-state index contributed by atoms with van der Waals surface area (Å²) in [5, 5.41) is 2.06. The number of thiophene rings is 1. The van der Waals surface area contributed by atoms with Gasteiger partial charge in [-0.2, -0.15) is 0 Å². The number of ether oxygens (including phenoxy) is 1. The Morgan fingerprint density at radius 2 is 1.88 bits per heavy atom. The van der Waals surface area contributed by atoms with Gasteiger partial charge in [-0.15, -0.1) is 11.3 Å². The molecule has 2 N–H and O–H groups in total. The number of hydrogen-bond acceptors (Lipinski definition) is 6. The van der Waals surface area contributed by atoms with Gasteiger partial charge < -0.3 is 31.9 Å². The number of halogens is 1. The Labute approximate surface area is 215 Å². The molecular formula is C25H33BrN4O3S. The minimum Gasteiger partial charge on any atom is -1.00 e. The van der Waals surface area contributed by atoms with E-state index in [-0.39, 0.29) is 35.0 Å². The van der Waals surface area contributed by atoms with E-state index in [1.165, 1.54) is 12.8 Å². The highest BCUT2D eigenvalue weighted by Gasteiger charge is 2.55. The summed E-state index contributed by atoms with van der Waals surface area (Å²) in [6.45, 7) is 2.30. The number of fused-ring (bicyclic) bond motifs is 3. The molecule has 1 unspecified atom stereocenters. The highest BCUT2D eigenvalue weighted by atomic mass is 79.9. The average molecular weight is 550 g/mol. The molecule has 2 atom stereocenters. The summed E-state index contributed by atoms with van der Waals surface area (Å²) in [5.74, 6) is -0.117. The Balaban J connectivity index is 0.00000274. The van der Waals surface area contributed by atoms with Gasteiger partial charge in [-0.25, -0.2) is 0 Å². The number of esters is 1. The Morgan fingerprint density at radius 1 is 1.15 bits per heavy atom. The molecule has 2 bridgehead atoms. The summed E-state index contributed by atoms with van der Waals surface area (Å²) in [7, 11) is 0. The van der Waals surface area contributed by atoms with Gasteiger partial charge in [0.1, 0.15) is 17.7 Å². The van der Waals surface area contributed by atoms with E-state index in [4.69, 9.17) is 10.5 Å². The summed E-state index contributed by atoms with van der Waals surface area (Å²) >= 11 is 1.67. The molecule has 1 aliphatic carbocycles. The molecule has 0 radical (unpaired) electrons. The van der Waals surface area contributed by atoms with Crippen molar-refractivity contribution in [2.45, 2.75) is 68.9 Å². The molecule has 0 aromatic carbocycles. The van der Waals surface area contributed by atoms with Crippen LogP contribution in [0.2, 0.25) is 0 Å². The number of hydrogen-bond donors (Lipinski definition) is 1. The lowest BCUT2D eigenvalue weighted by Gasteiger charge is -2.54. The van der Waals surface area contributed by atoms with Gasteiger partial charge in [0.2, 0.25) is 6.04 Å². The number of piperidine rings is 3. The number of carbonyl (C=O) groups excluding carboxylic acids is 2. The fraction of sp³-hybridized carbons (Fsp3) is 0.600. The van der Waals surface area contributed by atoms with Crippen molar-refractivity contribution < 1.29 is 35.8 Å². The Hall–Kier alpha value is -1.84. The Kier molecular flexibility index (Phi) is 7.74. The van der Waals surface area contributed by atoms with Crippen LogP contribution < -0.4 is 22.7 Å². The van der Waals surface area contributed by atoms with Crippen LogP contribution in [0.15, 0.2) is 36.1 Å². The summed E-state index contributed by atoms with van der Waals surface area (Å²) in [5.41, 5.74) is 5.99. The number of primary amides is 1. The molecule has 0 spiro atoms. The van der Waals surface area contributed by atoms with Crippen molar-refractivity contribution in [2.75, 3.05) is 19.6 Å². The molecule has 6 rings (SSSR count). The van der Waals surface area contributed by atoms with Crippen molar-refractivity contribution in [3.63, 3.8) is 0 Å². The third kappa shape index (κ3) is 4.54. The van der Waals surface area contributed by atoms with Gasteiger partial charge in [0.15, 0.2) is 6.10 Å². The topological polar surface area (TPSA) is 95.2 Å². The van der Waals surface area contributed by atoms with E-state index < -0.39 is 11.5 Å². The minimum atomic E-state index is -0.565. The standard InChI is InChI=1S/C25H32N4O3S.BrH/c26-23(30)22(19-16-27-11-12-28-19)29-13-7-18(8-14-29)20(17-29)32-24(31)25(21-6-5-15-33-21)9-3-1-2-4-10-25;/h5-6,11-12,15-16,18,20,22H,1-4,7-10,13-14,17H2,(H-,26,30);1H/t18?,20-,22?,29?;/m0./s1. The Morgan fingerprint density at radius 3 is 2.47 bits per heavy atom. The fourth-order valence-electron chi connectivity index (χ4n) is 6.49. The number of aromatic nitrogens is 2. The monoisotopic (exact) mass is 548 g/mol. The molecule has 1 amide bonds. The lowest BCUT2D eigenvalue weighted by Crippen LogP contribution is -3.00. The molecule has 4 fully saturated rings. The van der Waals surface area contributed by atoms with Crippen LogP contribution in [-0.2, 0) is 19.7 Å². The first kappa shape index (κ1) is 25.3. The number of quaternary nitrogens is 1. The molecule has 3 saturated heterocycles. The average Bonchev–Trinajstić information content (AvgIpc) is 3.25. The maximum absolute atomic E-state index is 13.9. The SMILES string of the molecule is NC(=O)C(c1cnccn1)[N+]12CCC(CC1)[C@@H](OC(=O)C1(c3cccs3)CCCCCC1)C2.[Br-]. The van der Waals surface area contributed by atoms with Crippen LogP contribution in [0.25, 0.3) is 0 Å². The van der Waals surface area contributed by atoms with Crippen molar-refractivity contribution in [2.24, 2.45) is 11.7 Å². The maximum Gasteiger partial charge on any atom is 0.317 e. The first-order chi connectivity index (χ1) is 16.0. The van der Waals surface area contributed by atoms with Crippen molar-refractivity contribution in [3.05, 3.63) is 46.7 Å². The highest BCUT2D eigenvalue weighted by molar-refractivity contribution is 7.10. The van der Waals surface area contributed by atoms with Crippen LogP contribution >= 0.6 is 11.3 Å². The van der Waals surface area contributed by atoms with Crippen LogP contribution in [-0.4, -0.2) is 52.1 Å². The molecule has 4 aliphatic rings. The lowest BCUT2D eigenvalue weighted by molar-refractivity contribution is -0.965. The number of nitrogens with two attached hydrogens (primary N) is 1. The number of amides is 1. The summed E-state index contributed by atoms with van der Waals surface area (Å²) < 4.78 is 6.91. The molecule has 2 aromatic rings. The predicted octanol–water partition coefficient (Wildman–Crippen LogP) is 0.513. The molecule has 5 heterocycles. The Bertz CT molecular complexity index is 971. The van der Waals surface area contributed by atoms with Crippen LogP contribution in [0.4, 0.5) is 0 Å². The first-order valence-corrected chi connectivity index (χ1v) is 13.1. The van der Waals surface area contributed by atoms with E-state index in [9.17, 15) is 9.59 Å². The molecule has 3 aliphatic heterocycles. The van der Waals surface area contributed by atoms with E-state index in [1.54, 1.807) is 29.9 Å². The van der Waals surface area contributed by atoms with Gasteiger partial charge in [-0.05, 0) is 24.3 Å². The summed E-state index contributed by atoms with van der Waals surface area (Å²) in [4.78, 5) is 36.2. The minimum absolute atomic E-state index is 0. The van der Waals surface area contributed by atoms with E-state index in [0.29, 0.717) is 22.6 Å². The zero-order chi connectivity index (χ0) is 22.9. The second-order valence-electron chi connectivity index (χ2n) is 10.0. The molecule has 2 aromatic heterocycles. The number of carbonyl (C=O) groups is 2. The quantitative estimate of drug-likeness (QED) is 0.322. The summed E-state index contributed by atoms with van der Waals surface area (Å²) in [6.07, 6.45) is 12.7. The second kappa shape index (κ2) is 10.4. The predicted molar refractivity (Wildman–Crippen MR) is 125 cm³/mol. The zero-order valence-corrected chi connectivity index (χ0v) is 21.8. The molecular weight excluding hydrogens is 516 g/mol.